The lowest BCUT2D eigenvalue weighted by Crippen LogP contribution is -2.36. The van der Waals surface area contributed by atoms with Crippen LogP contribution in [0.2, 0.25) is 0 Å². The van der Waals surface area contributed by atoms with Crippen molar-refractivity contribution in [1.82, 2.24) is 9.78 Å². The molecule has 2 unspecified atom stereocenters. The average Bonchev–Trinajstić information content (AvgIpc) is 2.66. The Bertz CT molecular complexity index is 399. The van der Waals surface area contributed by atoms with Crippen LogP contribution in [0.4, 0.5) is 0 Å². The molecule has 0 aliphatic heterocycles. The van der Waals surface area contributed by atoms with Crippen molar-refractivity contribution in [3.8, 4) is 0 Å². The Hall–Kier alpha value is -0.390. The fourth-order valence-electron chi connectivity index (χ4n) is 2.19. The maximum Gasteiger partial charge on any atom is 0.123 e. The predicted octanol–water partition coefficient (Wildman–Crippen LogP) is 3.54. The van der Waals surface area contributed by atoms with E-state index < -0.39 is 6.10 Å². The molecule has 19 heavy (non-hydrogen) atoms. The molecule has 0 bridgehead atoms. The molecular formula is C14H25BrN2O2. The van der Waals surface area contributed by atoms with Crippen LogP contribution in [0.25, 0.3) is 0 Å². The molecule has 0 aliphatic rings. The first-order valence-electron chi connectivity index (χ1n) is 6.83. The van der Waals surface area contributed by atoms with Crippen LogP contribution in [0.5, 0.6) is 0 Å². The lowest BCUT2D eigenvalue weighted by molar-refractivity contribution is -0.0928. The highest BCUT2D eigenvalue weighted by Gasteiger charge is 2.35. The third kappa shape index (κ3) is 4.04. The lowest BCUT2D eigenvalue weighted by Gasteiger charge is -2.34. The molecule has 0 fully saturated rings. The van der Waals surface area contributed by atoms with Crippen LogP contribution in [0.3, 0.4) is 0 Å². The molecule has 1 N–H and O–H groups in total. The first-order chi connectivity index (χ1) is 8.82. The number of ether oxygens (including phenoxy) is 1. The Morgan fingerprint density at radius 2 is 2.05 bits per heavy atom. The van der Waals surface area contributed by atoms with Crippen molar-refractivity contribution in [3.63, 3.8) is 0 Å². The van der Waals surface area contributed by atoms with Gasteiger partial charge >= 0.3 is 0 Å². The van der Waals surface area contributed by atoms with Crippen LogP contribution in [0.15, 0.2) is 10.7 Å². The van der Waals surface area contributed by atoms with E-state index in [1.54, 1.807) is 6.20 Å². The molecule has 1 rings (SSSR count). The van der Waals surface area contributed by atoms with Gasteiger partial charge in [-0.1, -0.05) is 27.7 Å². The predicted molar refractivity (Wildman–Crippen MR) is 80.0 cm³/mol. The maximum atomic E-state index is 10.7. The van der Waals surface area contributed by atoms with Gasteiger partial charge < -0.3 is 9.84 Å². The molecule has 0 spiro atoms. The maximum absolute atomic E-state index is 10.7. The monoisotopic (exact) mass is 332 g/mol. The fraction of sp³-hybridized carbons (Fsp3) is 0.786. The van der Waals surface area contributed by atoms with Gasteiger partial charge in [0, 0.05) is 13.2 Å². The molecule has 5 heteroatoms. The Morgan fingerprint density at radius 1 is 1.42 bits per heavy atom. The molecule has 0 radical (unpaired) electrons. The summed E-state index contributed by atoms with van der Waals surface area (Å²) >= 11 is 3.48. The smallest absolute Gasteiger partial charge is 0.123 e. The van der Waals surface area contributed by atoms with E-state index in [0.29, 0.717) is 6.61 Å². The summed E-state index contributed by atoms with van der Waals surface area (Å²) in [5.74, 6) is 0. The van der Waals surface area contributed by atoms with Crippen LogP contribution in [-0.2, 0) is 11.3 Å². The minimum Gasteiger partial charge on any atom is -0.384 e. The second kappa shape index (κ2) is 6.86. The number of hydrogen-bond donors (Lipinski definition) is 1. The Morgan fingerprint density at radius 3 is 2.53 bits per heavy atom. The van der Waals surface area contributed by atoms with Gasteiger partial charge in [0.15, 0.2) is 0 Å². The summed E-state index contributed by atoms with van der Waals surface area (Å²) < 4.78 is 8.46. The first kappa shape index (κ1) is 16.7. The highest BCUT2D eigenvalue weighted by atomic mass is 79.9. The van der Waals surface area contributed by atoms with Gasteiger partial charge in [-0.05, 0) is 34.7 Å². The van der Waals surface area contributed by atoms with E-state index in [1.807, 2.05) is 11.6 Å². The van der Waals surface area contributed by atoms with Gasteiger partial charge in [0.1, 0.15) is 6.10 Å². The molecule has 1 aromatic rings. The highest BCUT2D eigenvalue weighted by Crippen LogP contribution is 2.35. The van der Waals surface area contributed by atoms with Crippen LogP contribution < -0.4 is 0 Å². The van der Waals surface area contributed by atoms with E-state index >= 15 is 0 Å². The van der Waals surface area contributed by atoms with Crippen molar-refractivity contribution in [1.29, 1.82) is 0 Å². The van der Waals surface area contributed by atoms with E-state index in [1.165, 1.54) is 0 Å². The third-order valence-electron chi connectivity index (χ3n) is 3.04. The molecule has 1 aromatic heterocycles. The number of aryl methyl sites for hydroxylation is 1. The molecular weight excluding hydrogens is 308 g/mol. The van der Waals surface area contributed by atoms with Crippen LogP contribution >= 0.6 is 15.9 Å². The number of aliphatic hydroxyl groups is 1. The van der Waals surface area contributed by atoms with E-state index in [0.717, 1.165) is 23.1 Å². The van der Waals surface area contributed by atoms with Crippen molar-refractivity contribution in [2.45, 2.75) is 59.8 Å². The summed E-state index contributed by atoms with van der Waals surface area (Å²) in [7, 11) is 0. The van der Waals surface area contributed by atoms with Gasteiger partial charge in [-0.2, -0.15) is 5.10 Å². The van der Waals surface area contributed by atoms with Crippen LogP contribution in [0.1, 0.15) is 52.8 Å². The van der Waals surface area contributed by atoms with Gasteiger partial charge in [0.25, 0.3) is 0 Å². The van der Waals surface area contributed by atoms with Gasteiger partial charge in [-0.3, -0.25) is 4.68 Å². The zero-order chi connectivity index (χ0) is 14.6. The number of hydrogen-bond acceptors (Lipinski definition) is 3. The molecule has 0 amide bonds. The number of nitrogens with zero attached hydrogens (tertiary/aromatic N) is 2. The Balaban J connectivity index is 3.08. The van der Waals surface area contributed by atoms with Crippen LogP contribution in [-0.4, -0.2) is 27.6 Å². The summed E-state index contributed by atoms with van der Waals surface area (Å²) in [5.41, 5.74) is 0.658. The second-order valence-electron chi connectivity index (χ2n) is 5.79. The first-order valence-corrected chi connectivity index (χ1v) is 7.63. The van der Waals surface area contributed by atoms with Gasteiger partial charge in [0.05, 0.1) is 22.5 Å². The average molecular weight is 333 g/mol. The Kier molecular flexibility index (Phi) is 6.02. The van der Waals surface area contributed by atoms with Crippen molar-refractivity contribution in [3.05, 3.63) is 16.4 Å². The molecule has 0 saturated carbocycles. The molecule has 1 heterocycles. The van der Waals surface area contributed by atoms with Crippen LogP contribution in [0, 0.1) is 5.41 Å². The van der Waals surface area contributed by atoms with E-state index in [-0.39, 0.29) is 11.5 Å². The number of rotatable bonds is 6. The van der Waals surface area contributed by atoms with Crippen molar-refractivity contribution < 1.29 is 9.84 Å². The Labute approximate surface area is 124 Å². The number of halogens is 1. The third-order valence-corrected chi connectivity index (χ3v) is 3.65. The molecule has 110 valence electrons. The molecule has 2 atom stereocenters. The quantitative estimate of drug-likeness (QED) is 0.866. The van der Waals surface area contributed by atoms with Crippen molar-refractivity contribution in [2.24, 2.45) is 5.41 Å². The summed E-state index contributed by atoms with van der Waals surface area (Å²) in [6.07, 6.45) is 1.76. The molecule has 0 saturated heterocycles. The highest BCUT2D eigenvalue weighted by molar-refractivity contribution is 9.10. The topological polar surface area (TPSA) is 47.3 Å². The molecule has 0 aliphatic carbocycles. The zero-order valence-corrected chi connectivity index (χ0v) is 14.1. The fourth-order valence-corrected chi connectivity index (χ4v) is 2.72. The SMILES string of the molecule is CCCn1ncc(Br)c1C(O)C(OCC)C(C)(C)C. The molecule has 0 aromatic carbocycles. The largest absolute Gasteiger partial charge is 0.384 e. The summed E-state index contributed by atoms with van der Waals surface area (Å²) in [6.45, 7) is 11.6. The second-order valence-corrected chi connectivity index (χ2v) is 6.64. The number of aromatic nitrogens is 2. The normalized spacial score (nSPS) is 15.5. The summed E-state index contributed by atoms with van der Waals surface area (Å²) in [5, 5.41) is 15.0. The summed E-state index contributed by atoms with van der Waals surface area (Å²) in [4.78, 5) is 0. The van der Waals surface area contributed by atoms with Gasteiger partial charge in [0.2, 0.25) is 0 Å². The van der Waals surface area contributed by atoms with E-state index in [9.17, 15) is 5.11 Å². The van der Waals surface area contributed by atoms with Crippen molar-refractivity contribution >= 4 is 15.9 Å². The van der Waals surface area contributed by atoms with E-state index in [2.05, 4.69) is 48.7 Å². The molecule has 4 nitrogen and oxygen atoms in total. The zero-order valence-electron chi connectivity index (χ0n) is 12.5. The van der Waals surface area contributed by atoms with E-state index in [4.69, 9.17) is 4.74 Å². The van der Waals surface area contributed by atoms with Gasteiger partial charge in [-0.25, -0.2) is 0 Å². The summed E-state index contributed by atoms with van der Waals surface area (Å²) in [6, 6.07) is 0. The minimum atomic E-state index is -0.691. The lowest BCUT2D eigenvalue weighted by atomic mass is 9.84. The number of aliphatic hydroxyl groups excluding tert-OH is 1. The van der Waals surface area contributed by atoms with Crippen molar-refractivity contribution in [2.75, 3.05) is 6.61 Å². The van der Waals surface area contributed by atoms with Gasteiger partial charge in [-0.15, -0.1) is 0 Å². The minimum absolute atomic E-state index is 0.143. The standard InChI is InChI=1S/C14H25BrN2O2/c1-6-8-17-11(10(15)9-16-17)12(18)13(19-7-2)14(3,4)5/h9,12-13,18H,6-8H2,1-5H3.